The maximum absolute atomic E-state index is 2.28. The molecule has 2 aromatic carbocycles. The largest absolute Gasteiger partial charge is 0.0683 e. The lowest BCUT2D eigenvalue weighted by molar-refractivity contribution is 0.930. The summed E-state index contributed by atoms with van der Waals surface area (Å²) in [5.74, 6) is 0. The fraction of sp³-hybridized carbons (Fsp3) is 0.176. The highest BCUT2D eigenvalue weighted by molar-refractivity contribution is 5.58. The molecular weight excluding hydrogens is 204 g/mol. The van der Waals surface area contributed by atoms with Gasteiger partial charge in [0.1, 0.15) is 0 Å². The average Bonchev–Trinajstić information content (AvgIpc) is 3.12. The number of allylic oxidation sites excluding steroid dienone is 2. The predicted molar refractivity (Wildman–Crippen MR) is 72.3 cm³/mol. The third-order valence-corrected chi connectivity index (χ3v) is 3.56. The second-order valence-electron chi connectivity index (χ2n) is 4.93. The Hall–Kier alpha value is -1.82. The molecule has 0 radical (unpaired) electrons. The van der Waals surface area contributed by atoms with Crippen LogP contribution >= 0.6 is 0 Å². The van der Waals surface area contributed by atoms with Crippen molar-refractivity contribution >= 4 is 0 Å². The molecule has 0 saturated heterocycles. The first-order chi connectivity index (χ1) is 8.21. The van der Waals surface area contributed by atoms with E-state index in [0.29, 0.717) is 0 Å². The van der Waals surface area contributed by atoms with E-state index in [-0.39, 0.29) is 5.41 Å². The fourth-order valence-electron chi connectivity index (χ4n) is 2.29. The molecule has 0 heterocycles. The normalized spacial score (nSPS) is 15.9. The highest BCUT2D eigenvalue weighted by Gasteiger charge is 2.37. The summed E-state index contributed by atoms with van der Waals surface area (Å²) in [5, 5.41) is 0. The second-order valence-corrected chi connectivity index (χ2v) is 4.93. The molecular formula is C17H16. The molecule has 0 nitrogen and oxygen atoms in total. The molecule has 0 aromatic heterocycles. The van der Waals surface area contributed by atoms with Gasteiger partial charge in [0.15, 0.2) is 0 Å². The number of hydrogen-bond donors (Lipinski definition) is 0. The van der Waals surface area contributed by atoms with Crippen LogP contribution in [0, 0.1) is 13.8 Å². The van der Waals surface area contributed by atoms with Gasteiger partial charge in [-0.25, -0.2) is 0 Å². The van der Waals surface area contributed by atoms with Crippen LogP contribution in [0.5, 0.6) is 0 Å². The van der Waals surface area contributed by atoms with E-state index in [1.54, 1.807) is 0 Å². The molecule has 0 atom stereocenters. The van der Waals surface area contributed by atoms with E-state index in [9.17, 15) is 0 Å². The molecule has 0 aliphatic heterocycles. The summed E-state index contributed by atoms with van der Waals surface area (Å²) in [4.78, 5) is 0. The van der Waals surface area contributed by atoms with Crippen LogP contribution in [0.3, 0.4) is 0 Å². The van der Waals surface area contributed by atoms with Gasteiger partial charge in [-0.15, -0.1) is 0 Å². The van der Waals surface area contributed by atoms with Crippen molar-refractivity contribution in [2.75, 3.05) is 0 Å². The van der Waals surface area contributed by atoms with E-state index >= 15 is 0 Å². The Morgan fingerprint density at radius 3 is 1.24 bits per heavy atom. The Balaban J connectivity index is 2.01. The van der Waals surface area contributed by atoms with E-state index in [1.807, 2.05) is 0 Å². The number of rotatable bonds is 2. The zero-order valence-electron chi connectivity index (χ0n) is 10.3. The van der Waals surface area contributed by atoms with Gasteiger partial charge in [-0.05, 0) is 25.0 Å². The molecule has 0 N–H and O–H groups in total. The van der Waals surface area contributed by atoms with Crippen molar-refractivity contribution in [1.82, 2.24) is 0 Å². The summed E-state index contributed by atoms with van der Waals surface area (Å²) >= 11 is 0. The smallest absolute Gasteiger partial charge is 0.0563 e. The number of benzene rings is 2. The van der Waals surface area contributed by atoms with Gasteiger partial charge in [-0.1, -0.05) is 71.8 Å². The first kappa shape index (κ1) is 10.3. The zero-order valence-corrected chi connectivity index (χ0v) is 10.3. The monoisotopic (exact) mass is 220 g/mol. The lowest BCUT2D eigenvalue weighted by atomic mass is 9.85. The Bertz CT molecular complexity index is 502. The van der Waals surface area contributed by atoms with Gasteiger partial charge in [0.2, 0.25) is 0 Å². The van der Waals surface area contributed by atoms with Crippen LogP contribution in [0.4, 0.5) is 0 Å². The molecule has 1 aliphatic rings. The molecule has 0 bridgehead atoms. The van der Waals surface area contributed by atoms with Crippen LogP contribution in [-0.2, 0) is 5.41 Å². The third-order valence-electron chi connectivity index (χ3n) is 3.56. The first-order valence-corrected chi connectivity index (χ1v) is 6.05. The van der Waals surface area contributed by atoms with E-state index < -0.39 is 0 Å². The minimum atomic E-state index is 0.0708. The van der Waals surface area contributed by atoms with Crippen LogP contribution in [0.1, 0.15) is 22.3 Å². The standard InChI is InChI=1S/C17H16/c1-13-3-7-15(8-4-13)17(11-12-17)16-9-5-14(2)6-10-16/h3-12H,1-2H3. The molecule has 0 heteroatoms. The first-order valence-electron chi connectivity index (χ1n) is 6.05. The van der Waals surface area contributed by atoms with Gasteiger partial charge in [0, 0.05) is 0 Å². The van der Waals surface area contributed by atoms with Gasteiger partial charge < -0.3 is 0 Å². The molecule has 0 saturated carbocycles. The summed E-state index contributed by atoms with van der Waals surface area (Å²) < 4.78 is 0. The van der Waals surface area contributed by atoms with Crippen molar-refractivity contribution in [3.8, 4) is 0 Å². The van der Waals surface area contributed by atoms with Gasteiger partial charge >= 0.3 is 0 Å². The molecule has 17 heavy (non-hydrogen) atoms. The summed E-state index contributed by atoms with van der Waals surface area (Å²) in [7, 11) is 0. The Labute approximate surface area is 103 Å². The van der Waals surface area contributed by atoms with Crippen molar-refractivity contribution in [3.63, 3.8) is 0 Å². The minimum absolute atomic E-state index is 0.0708. The van der Waals surface area contributed by atoms with E-state index in [0.717, 1.165) is 0 Å². The molecule has 1 aliphatic carbocycles. The molecule has 0 spiro atoms. The van der Waals surface area contributed by atoms with E-state index in [1.165, 1.54) is 22.3 Å². The molecule has 0 amide bonds. The summed E-state index contributed by atoms with van der Waals surface area (Å²) in [5.41, 5.74) is 5.43. The molecule has 0 fully saturated rings. The zero-order chi connectivity index (χ0) is 11.9. The predicted octanol–water partition coefficient (Wildman–Crippen LogP) is 4.16. The van der Waals surface area contributed by atoms with Gasteiger partial charge in [0.05, 0.1) is 5.41 Å². The maximum Gasteiger partial charge on any atom is 0.0563 e. The van der Waals surface area contributed by atoms with Crippen molar-refractivity contribution in [2.45, 2.75) is 19.3 Å². The van der Waals surface area contributed by atoms with Gasteiger partial charge in [0.25, 0.3) is 0 Å². The van der Waals surface area contributed by atoms with Gasteiger partial charge in [-0.2, -0.15) is 0 Å². The minimum Gasteiger partial charge on any atom is -0.0683 e. The fourth-order valence-corrected chi connectivity index (χ4v) is 2.29. The van der Waals surface area contributed by atoms with Crippen molar-refractivity contribution in [2.24, 2.45) is 0 Å². The lowest BCUT2D eigenvalue weighted by Crippen LogP contribution is -2.10. The van der Waals surface area contributed by atoms with Gasteiger partial charge in [-0.3, -0.25) is 0 Å². The summed E-state index contributed by atoms with van der Waals surface area (Å²) in [6, 6.07) is 17.7. The Kier molecular flexibility index (Phi) is 2.19. The van der Waals surface area contributed by atoms with E-state index in [4.69, 9.17) is 0 Å². The molecule has 0 unspecified atom stereocenters. The van der Waals surface area contributed by atoms with Crippen LogP contribution < -0.4 is 0 Å². The van der Waals surface area contributed by atoms with Crippen LogP contribution in [0.25, 0.3) is 0 Å². The third kappa shape index (κ3) is 1.70. The lowest BCUT2D eigenvalue weighted by Gasteiger charge is -2.17. The Morgan fingerprint density at radius 1 is 0.588 bits per heavy atom. The topological polar surface area (TPSA) is 0 Å². The van der Waals surface area contributed by atoms with Crippen molar-refractivity contribution in [3.05, 3.63) is 82.9 Å². The Morgan fingerprint density at radius 2 is 0.941 bits per heavy atom. The quantitative estimate of drug-likeness (QED) is 0.667. The SMILES string of the molecule is Cc1ccc(C2(c3ccc(C)cc3)C=C2)cc1. The highest BCUT2D eigenvalue weighted by Crippen LogP contribution is 2.44. The van der Waals surface area contributed by atoms with Crippen molar-refractivity contribution in [1.29, 1.82) is 0 Å². The summed E-state index contributed by atoms with van der Waals surface area (Å²) in [6.07, 6.45) is 4.56. The maximum atomic E-state index is 2.28. The number of hydrogen-bond acceptors (Lipinski definition) is 0. The average molecular weight is 220 g/mol. The number of aryl methyl sites for hydroxylation is 2. The van der Waals surface area contributed by atoms with E-state index in [2.05, 4.69) is 74.5 Å². The molecule has 3 rings (SSSR count). The second kappa shape index (κ2) is 3.59. The highest BCUT2D eigenvalue weighted by atomic mass is 14.4. The molecule has 84 valence electrons. The van der Waals surface area contributed by atoms with Crippen LogP contribution in [0.15, 0.2) is 60.7 Å². The van der Waals surface area contributed by atoms with Crippen LogP contribution in [-0.4, -0.2) is 0 Å². The van der Waals surface area contributed by atoms with Crippen molar-refractivity contribution < 1.29 is 0 Å². The summed E-state index contributed by atoms with van der Waals surface area (Å²) in [6.45, 7) is 4.26. The van der Waals surface area contributed by atoms with Crippen LogP contribution in [0.2, 0.25) is 0 Å². The molecule has 2 aromatic rings.